The number of carbonyl (C=O) groups is 2. The van der Waals surface area contributed by atoms with Crippen molar-refractivity contribution in [1.29, 1.82) is 0 Å². The lowest BCUT2D eigenvalue weighted by Gasteiger charge is -2.12. The van der Waals surface area contributed by atoms with Crippen molar-refractivity contribution in [3.05, 3.63) is 54.6 Å². The van der Waals surface area contributed by atoms with E-state index in [1.165, 1.54) is 0 Å². The smallest absolute Gasteiger partial charge is 0.246 e. The Morgan fingerprint density at radius 2 is 2.00 bits per heavy atom. The van der Waals surface area contributed by atoms with E-state index in [0.29, 0.717) is 36.0 Å². The molecule has 0 radical (unpaired) electrons. The number of anilines is 3. The van der Waals surface area contributed by atoms with Gasteiger partial charge < -0.3 is 16.0 Å². The number of nitrogens with zero attached hydrogens (tertiary/aromatic N) is 4. The molecule has 4 rings (SSSR count). The molecule has 142 valence electrons. The predicted octanol–water partition coefficient (Wildman–Crippen LogP) is 1.93. The van der Waals surface area contributed by atoms with Gasteiger partial charge in [0.05, 0.1) is 0 Å². The van der Waals surface area contributed by atoms with Crippen LogP contribution in [-0.2, 0) is 9.59 Å². The zero-order chi connectivity index (χ0) is 19.5. The van der Waals surface area contributed by atoms with Gasteiger partial charge in [-0.25, -0.2) is 14.6 Å². The first-order valence-corrected chi connectivity index (χ1v) is 8.90. The minimum Gasteiger partial charge on any atom is -0.344 e. The molecule has 1 aliphatic rings. The summed E-state index contributed by atoms with van der Waals surface area (Å²) in [6, 6.07) is 10.4. The van der Waals surface area contributed by atoms with E-state index in [9.17, 15) is 9.59 Å². The molecule has 0 bridgehead atoms. The first-order chi connectivity index (χ1) is 13.6. The Balaban J connectivity index is 1.43. The molecular weight excluding hydrogens is 358 g/mol. The number of benzene rings is 1. The summed E-state index contributed by atoms with van der Waals surface area (Å²) in [4.78, 5) is 32.2. The maximum Gasteiger partial charge on any atom is 0.246 e. The molecule has 1 aromatic carbocycles. The van der Waals surface area contributed by atoms with Gasteiger partial charge in [-0.2, -0.15) is 5.10 Å². The highest BCUT2D eigenvalue weighted by Gasteiger charge is 2.27. The SMILES string of the molecule is Cc1nc(Nc2ccc(NC(=O)[C@@H]3CCC(=O)N3)cc2)cc(-n2cccn2)n1. The first kappa shape index (κ1) is 17.7. The topological polar surface area (TPSA) is 114 Å². The second-order valence-corrected chi connectivity index (χ2v) is 6.46. The van der Waals surface area contributed by atoms with Crippen molar-refractivity contribution < 1.29 is 9.59 Å². The fourth-order valence-electron chi connectivity index (χ4n) is 2.96. The van der Waals surface area contributed by atoms with Crippen LogP contribution >= 0.6 is 0 Å². The zero-order valence-corrected chi connectivity index (χ0v) is 15.2. The van der Waals surface area contributed by atoms with E-state index in [0.717, 1.165) is 5.69 Å². The highest BCUT2D eigenvalue weighted by Crippen LogP contribution is 2.20. The predicted molar refractivity (Wildman–Crippen MR) is 103 cm³/mol. The quantitative estimate of drug-likeness (QED) is 0.626. The molecule has 28 heavy (non-hydrogen) atoms. The van der Waals surface area contributed by atoms with E-state index in [1.807, 2.05) is 31.3 Å². The molecule has 0 saturated carbocycles. The minimum absolute atomic E-state index is 0.0886. The van der Waals surface area contributed by atoms with Crippen LogP contribution in [0.5, 0.6) is 0 Å². The van der Waals surface area contributed by atoms with Crippen molar-refractivity contribution in [2.24, 2.45) is 0 Å². The molecular formula is C19H19N7O2. The largest absolute Gasteiger partial charge is 0.344 e. The molecule has 0 spiro atoms. The Kier molecular flexibility index (Phi) is 4.71. The lowest BCUT2D eigenvalue weighted by molar-refractivity contribution is -0.122. The van der Waals surface area contributed by atoms with Crippen molar-refractivity contribution in [2.75, 3.05) is 10.6 Å². The van der Waals surface area contributed by atoms with E-state index in [1.54, 1.807) is 29.1 Å². The molecule has 1 fully saturated rings. The maximum atomic E-state index is 12.2. The average molecular weight is 377 g/mol. The third-order valence-electron chi connectivity index (χ3n) is 4.30. The van der Waals surface area contributed by atoms with Gasteiger partial charge in [0.15, 0.2) is 5.82 Å². The summed E-state index contributed by atoms with van der Waals surface area (Å²) in [5.41, 5.74) is 1.48. The number of nitrogens with one attached hydrogen (secondary N) is 3. The number of rotatable bonds is 5. The lowest BCUT2D eigenvalue weighted by Crippen LogP contribution is -2.37. The summed E-state index contributed by atoms with van der Waals surface area (Å²) in [5, 5.41) is 12.9. The molecule has 3 N–H and O–H groups in total. The van der Waals surface area contributed by atoms with E-state index in [-0.39, 0.29) is 11.8 Å². The normalized spacial score (nSPS) is 15.9. The van der Waals surface area contributed by atoms with E-state index in [2.05, 4.69) is 31.0 Å². The van der Waals surface area contributed by atoms with Gasteiger partial charge in [0, 0.05) is 36.3 Å². The fourth-order valence-corrected chi connectivity index (χ4v) is 2.96. The third-order valence-corrected chi connectivity index (χ3v) is 4.30. The van der Waals surface area contributed by atoms with E-state index >= 15 is 0 Å². The van der Waals surface area contributed by atoms with Crippen LogP contribution in [0.3, 0.4) is 0 Å². The lowest BCUT2D eigenvalue weighted by atomic mass is 10.2. The standard InChI is InChI=1S/C19H19N7O2/c1-12-21-16(11-17(22-12)26-10-2-9-20-26)23-13-3-5-14(6-4-13)24-19(28)15-7-8-18(27)25-15/h2-6,9-11,15H,7-8H2,1H3,(H,24,28)(H,25,27)(H,21,22,23)/t15-/m0/s1. The van der Waals surface area contributed by atoms with Crippen LogP contribution in [0, 0.1) is 6.92 Å². The van der Waals surface area contributed by atoms with Gasteiger partial charge >= 0.3 is 0 Å². The molecule has 2 amide bonds. The molecule has 9 nitrogen and oxygen atoms in total. The molecule has 1 atom stereocenters. The number of amides is 2. The molecule has 2 aromatic heterocycles. The van der Waals surface area contributed by atoms with E-state index in [4.69, 9.17) is 0 Å². The van der Waals surface area contributed by atoms with Gasteiger partial charge in [0.2, 0.25) is 11.8 Å². The summed E-state index contributed by atoms with van der Waals surface area (Å²) < 4.78 is 1.67. The van der Waals surface area contributed by atoms with Crippen molar-refractivity contribution in [3.8, 4) is 5.82 Å². The van der Waals surface area contributed by atoms with Crippen LogP contribution in [0.4, 0.5) is 17.2 Å². The number of hydrogen-bond acceptors (Lipinski definition) is 6. The molecule has 0 unspecified atom stereocenters. The summed E-state index contributed by atoms with van der Waals surface area (Å²) in [5.74, 6) is 1.64. The highest BCUT2D eigenvalue weighted by atomic mass is 16.2. The molecule has 3 aromatic rings. The molecule has 0 aliphatic carbocycles. The maximum absolute atomic E-state index is 12.2. The van der Waals surface area contributed by atoms with Gasteiger partial charge in [-0.3, -0.25) is 9.59 Å². The Hall–Kier alpha value is -3.75. The second-order valence-electron chi connectivity index (χ2n) is 6.46. The Morgan fingerprint density at radius 1 is 1.21 bits per heavy atom. The number of aromatic nitrogens is 4. The molecule has 3 heterocycles. The first-order valence-electron chi connectivity index (χ1n) is 8.90. The summed E-state index contributed by atoms with van der Waals surface area (Å²) in [7, 11) is 0. The Morgan fingerprint density at radius 3 is 2.68 bits per heavy atom. The monoisotopic (exact) mass is 377 g/mol. The van der Waals surface area contributed by atoms with Gasteiger partial charge in [-0.05, 0) is 43.7 Å². The van der Waals surface area contributed by atoms with Crippen molar-refractivity contribution in [3.63, 3.8) is 0 Å². The van der Waals surface area contributed by atoms with Crippen molar-refractivity contribution in [1.82, 2.24) is 25.1 Å². The summed E-state index contributed by atoms with van der Waals surface area (Å²) in [6.45, 7) is 1.82. The van der Waals surface area contributed by atoms with Crippen LogP contribution in [0.25, 0.3) is 5.82 Å². The zero-order valence-electron chi connectivity index (χ0n) is 15.2. The fraction of sp³-hybridized carbons (Fsp3) is 0.211. The van der Waals surface area contributed by atoms with Crippen LogP contribution < -0.4 is 16.0 Å². The van der Waals surface area contributed by atoms with Gasteiger partial charge in [0.1, 0.15) is 17.7 Å². The number of aryl methyl sites for hydroxylation is 1. The minimum atomic E-state index is -0.463. The van der Waals surface area contributed by atoms with Gasteiger partial charge in [-0.1, -0.05) is 0 Å². The van der Waals surface area contributed by atoms with Crippen molar-refractivity contribution >= 4 is 29.0 Å². The molecule has 1 saturated heterocycles. The van der Waals surface area contributed by atoms with Crippen LogP contribution in [0.15, 0.2) is 48.8 Å². The third kappa shape index (κ3) is 3.98. The van der Waals surface area contributed by atoms with E-state index < -0.39 is 6.04 Å². The second kappa shape index (κ2) is 7.47. The van der Waals surface area contributed by atoms with Gasteiger partial charge in [-0.15, -0.1) is 0 Å². The number of hydrogen-bond donors (Lipinski definition) is 3. The molecule has 1 aliphatic heterocycles. The number of carbonyl (C=O) groups excluding carboxylic acids is 2. The highest BCUT2D eigenvalue weighted by molar-refractivity contribution is 5.99. The average Bonchev–Trinajstić information content (AvgIpc) is 3.35. The summed E-state index contributed by atoms with van der Waals surface area (Å²) in [6.07, 6.45) is 4.42. The van der Waals surface area contributed by atoms with Crippen LogP contribution in [0.2, 0.25) is 0 Å². The Labute approximate surface area is 161 Å². The van der Waals surface area contributed by atoms with Crippen molar-refractivity contribution in [2.45, 2.75) is 25.8 Å². The molecule has 9 heteroatoms. The Bertz CT molecular complexity index is 1000. The summed E-state index contributed by atoms with van der Waals surface area (Å²) >= 11 is 0. The van der Waals surface area contributed by atoms with Gasteiger partial charge in [0.25, 0.3) is 0 Å². The van der Waals surface area contributed by atoms with Crippen LogP contribution in [-0.4, -0.2) is 37.6 Å². The van der Waals surface area contributed by atoms with Crippen LogP contribution in [0.1, 0.15) is 18.7 Å².